The van der Waals surface area contributed by atoms with Crippen molar-refractivity contribution in [1.29, 1.82) is 0 Å². The summed E-state index contributed by atoms with van der Waals surface area (Å²) in [5.74, 6) is 0. The van der Waals surface area contributed by atoms with Crippen LogP contribution in [-0.2, 0) is 9.47 Å². The highest BCUT2D eigenvalue weighted by Gasteiger charge is 2.48. The molecule has 0 saturated carbocycles. The summed E-state index contributed by atoms with van der Waals surface area (Å²) in [5, 5.41) is 0. The third kappa shape index (κ3) is 0.864. The van der Waals surface area contributed by atoms with Gasteiger partial charge in [-0.15, -0.1) is 0 Å². The normalized spacial score (nSPS) is 56.7. The zero-order valence-electron chi connectivity index (χ0n) is 5.83. The van der Waals surface area contributed by atoms with Gasteiger partial charge in [-0.3, -0.25) is 0 Å². The Kier molecular flexibility index (Phi) is 1.08. The minimum absolute atomic E-state index is 0.332. The van der Waals surface area contributed by atoms with Gasteiger partial charge in [-0.1, -0.05) is 0 Å². The summed E-state index contributed by atoms with van der Waals surface area (Å²) < 4.78 is 10.9. The molecule has 2 fully saturated rings. The van der Waals surface area contributed by atoms with E-state index in [1.165, 1.54) is 0 Å². The molecule has 2 heterocycles. The Morgan fingerprint density at radius 2 is 2.00 bits per heavy atom. The van der Waals surface area contributed by atoms with Crippen molar-refractivity contribution in [3.8, 4) is 0 Å². The largest absolute Gasteiger partial charge is 0.373 e. The average Bonchev–Trinajstić information content (AvgIpc) is 2.43. The predicted molar refractivity (Wildman–Crippen MR) is 33.3 cm³/mol. The van der Waals surface area contributed by atoms with Gasteiger partial charge >= 0.3 is 0 Å². The van der Waals surface area contributed by atoms with Crippen LogP contribution in [0.15, 0.2) is 0 Å². The molecule has 2 saturated heterocycles. The van der Waals surface area contributed by atoms with Gasteiger partial charge in [-0.05, 0) is 13.8 Å². The van der Waals surface area contributed by atoms with E-state index < -0.39 is 0 Å². The van der Waals surface area contributed by atoms with Gasteiger partial charge in [0.1, 0.15) is 6.10 Å². The van der Waals surface area contributed by atoms with Gasteiger partial charge < -0.3 is 9.47 Å². The quantitative estimate of drug-likeness (QED) is 0.453. The molecule has 0 radical (unpaired) electrons. The Morgan fingerprint density at radius 1 is 1.22 bits per heavy atom. The van der Waals surface area contributed by atoms with E-state index in [1.807, 2.05) is 0 Å². The molecule has 0 amide bonds. The maximum Gasteiger partial charge on any atom is 0.110 e. The van der Waals surface area contributed by atoms with Crippen molar-refractivity contribution < 1.29 is 9.47 Å². The molecule has 2 rings (SSSR count). The number of hydrogen-bond acceptors (Lipinski definition) is 2. The molecule has 4 unspecified atom stereocenters. The van der Waals surface area contributed by atoms with Gasteiger partial charge in [0.05, 0.1) is 18.3 Å². The Balaban J connectivity index is 1.99. The van der Waals surface area contributed by atoms with Crippen molar-refractivity contribution in [1.82, 2.24) is 0 Å². The van der Waals surface area contributed by atoms with Crippen molar-refractivity contribution in [3.63, 3.8) is 0 Å². The van der Waals surface area contributed by atoms with Crippen LogP contribution in [0.5, 0.6) is 0 Å². The van der Waals surface area contributed by atoms with E-state index >= 15 is 0 Å². The summed E-state index contributed by atoms with van der Waals surface area (Å²) in [7, 11) is 0. The number of hydrogen-bond donors (Lipinski definition) is 0. The summed E-state index contributed by atoms with van der Waals surface area (Å²) in [6, 6.07) is 0. The van der Waals surface area contributed by atoms with Gasteiger partial charge in [0.25, 0.3) is 0 Å². The monoisotopic (exact) mass is 128 g/mol. The van der Waals surface area contributed by atoms with Crippen LogP contribution in [0.3, 0.4) is 0 Å². The molecule has 2 aliphatic heterocycles. The number of epoxide rings is 1. The van der Waals surface area contributed by atoms with Crippen LogP contribution in [0.2, 0.25) is 0 Å². The van der Waals surface area contributed by atoms with E-state index in [1.54, 1.807) is 0 Å². The van der Waals surface area contributed by atoms with Crippen molar-refractivity contribution in [2.24, 2.45) is 0 Å². The van der Waals surface area contributed by atoms with E-state index in [4.69, 9.17) is 9.47 Å². The number of fused-ring (bicyclic) bond motifs is 1. The maximum atomic E-state index is 5.52. The zero-order valence-corrected chi connectivity index (χ0v) is 5.83. The minimum Gasteiger partial charge on any atom is -0.373 e. The van der Waals surface area contributed by atoms with Gasteiger partial charge in [0, 0.05) is 6.42 Å². The summed E-state index contributed by atoms with van der Waals surface area (Å²) in [6.07, 6.45) is 2.79. The Morgan fingerprint density at radius 3 is 2.67 bits per heavy atom. The SMILES string of the molecule is CC1CC2OC2C(C)O1. The minimum atomic E-state index is 0.332. The molecule has 2 aliphatic rings. The highest BCUT2D eigenvalue weighted by Crippen LogP contribution is 2.36. The summed E-state index contributed by atoms with van der Waals surface area (Å²) in [6.45, 7) is 4.19. The van der Waals surface area contributed by atoms with Crippen LogP contribution < -0.4 is 0 Å². The van der Waals surface area contributed by atoms with Crippen LogP contribution in [0.1, 0.15) is 20.3 Å². The molecular weight excluding hydrogens is 116 g/mol. The number of ether oxygens (including phenoxy) is 2. The van der Waals surface area contributed by atoms with Crippen molar-refractivity contribution in [2.75, 3.05) is 0 Å². The molecule has 2 heteroatoms. The van der Waals surface area contributed by atoms with Gasteiger partial charge in [-0.25, -0.2) is 0 Å². The fourth-order valence-corrected chi connectivity index (χ4v) is 1.59. The first-order valence-electron chi connectivity index (χ1n) is 3.58. The second-order valence-corrected chi connectivity index (χ2v) is 3.03. The zero-order chi connectivity index (χ0) is 6.43. The van der Waals surface area contributed by atoms with E-state index in [0.29, 0.717) is 24.4 Å². The van der Waals surface area contributed by atoms with Crippen LogP contribution in [-0.4, -0.2) is 24.4 Å². The molecule has 0 aromatic carbocycles. The van der Waals surface area contributed by atoms with Gasteiger partial charge in [0.15, 0.2) is 0 Å². The first-order chi connectivity index (χ1) is 4.27. The van der Waals surface area contributed by atoms with Crippen LogP contribution >= 0.6 is 0 Å². The molecule has 9 heavy (non-hydrogen) atoms. The van der Waals surface area contributed by atoms with Crippen LogP contribution in [0.4, 0.5) is 0 Å². The molecule has 2 nitrogen and oxygen atoms in total. The van der Waals surface area contributed by atoms with Crippen LogP contribution in [0.25, 0.3) is 0 Å². The summed E-state index contributed by atoms with van der Waals surface area (Å²) in [4.78, 5) is 0. The molecule has 0 bridgehead atoms. The van der Waals surface area contributed by atoms with E-state index in [-0.39, 0.29) is 0 Å². The molecule has 0 N–H and O–H groups in total. The van der Waals surface area contributed by atoms with Gasteiger partial charge in [-0.2, -0.15) is 0 Å². The molecule has 0 aromatic rings. The lowest BCUT2D eigenvalue weighted by Crippen LogP contribution is -2.29. The standard InChI is InChI=1S/C7H12O2/c1-4-3-6-7(9-6)5(2)8-4/h4-7H,3H2,1-2H3. The smallest absolute Gasteiger partial charge is 0.110 e. The fourth-order valence-electron chi connectivity index (χ4n) is 1.59. The Bertz CT molecular complexity index is 124. The third-order valence-electron chi connectivity index (χ3n) is 2.10. The summed E-state index contributed by atoms with van der Waals surface area (Å²) in [5.41, 5.74) is 0. The van der Waals surface area contributed by atoms with E-state index in [9.17, 15) is 0 Å². The Hall–Kier alpha value is -0.0800. The lowest BCUT2D eigenvalue weighted by molar-refractivity contribution is -0.0170. The highest BCUT2D eigenvalue weighted by molar-refractivity contribution is 4.94. The predicted octanol–water partition coefficient (Wildman–Crippen LogP) is 0.951. The Labute approximate surface area is 55.1 Å². The van der Waals surface area contributed by atoms with Gasteiger partial charge in [0.2, 0.25) is 0 Å². The molecular formula is C7H12O2. The average molecular weight is 128 g/mol. The van der Waals surface area contributed by atoms with Crippen LogP contribution in [0, 0.1) is 0 Å². The highest BCUT2D eigenvalue weighted by atomic mass is 16.6. The van der Waals surface area contributed by atoms with Crippen molar-refractivity contribution in [2.45, 2.75) is 44.7 Å². The lowest BCUT2D eigenvalue weighted by atomic mass is 10.1. The van der Waals surface area contributed by atoms with E-state index in [2.05, 4.69) is 13.8 Å². The topological polar surface area (TPSA) is 21.8 Å². The molecule has 0 aliphatic carbocycles. The number of rotatable bonds is 0. The molecule has 52 valence electrons. The van der Waals surface area contributed by atoms with E-state index in [0.717, 1.165) is 6.42 Å². The second-order valence-electron chi connectivity index (χ2n) is 3.03. The van der Waals surface area contributed by atoms with Crippen molar-refractivity contribution in [3.05, 3.63) is 0 Å². The third-order valence-corrected chi connectivity index (χ3v) is 2.10. The molecule has 0 spiro atoms. The summed E-state index contributed by atoms with van der Waals surface area (Å²) >= 11 is 0. The maximum absolute atomic E-state index is 5.52. The molecule has 4 atom stereocenters. The first-order valence-corrected chi connectivity index (χ1v) is 3.58. The lowest BCUT2D eigenvalue weighted by Gasteiger charge is -2.20. The first kappa shape index (κ1) is 5.69. The second kappa shape index (κ2) is 1.70. The fraction of sp³-hybridized carbons (Fsp3) is 1.00. The van der Waals surface area contributed by atoms with Crippen molar-refractivity contribution >= 4 is 0 Å². The molecule has 0 aromatic heterocycles.